The lowest BCUT2D eigenvalue weighted by Crippen LogP contribution is -2.13. The zero-order chi connectivity index (χ0) is 11.3. The molecular formula is C10H12O4S. The van der Waals surface area contributed by atoms with E-state index in [0.29, 0.717) is 10.5 Å². The Kier molecular flexibility index (Phi) is 3.85. The Morgan fingerprint density at radius 2 is 2.00 bits per heavy atom. The molecule has 0 aromatic heterocycles. The number of ether oxygens (including phenoxy) is 1. The van der Waals surface area contributed by atoms with Crippen LogP contribution in [0.5, 0.6) is 0 Å². The van der Waals surface area contributed by atoms with E-state index in [4.69, 9.17) is 0 Å². The fourth-order valence-corrected chi connectivity index (χ4v) is 2.60. The van der Waals surface area contributed by atoms with E-state index in [-0.39, 0.29) is 18.8 Å². The smallest absolute Gasteiger partial charge is 0.293 e. The summed E-state index contributed by atoms with van der Waals surface area (Å²) in [5, 5.41) is 0. The van der Waals surface area contributed by atoms with Crippen LogP contribution in [0.3, 0.4) is 0 Å². The van der Waals surface area contributed by atoms with Crippen molar-refractivity contribution in [3.63, 3.8) is 0 Å². The number of hydrogen-bond donors (Lipinski definition) is 0. The minimum absolute atomic E-state index is 0.111. The molecule has 0 spiro atoms. The number of benzene rings is 1. The summed E-state index contributed by atoms with van der Waals surface area (Å²) in [5.74, 6) is -0.184. The Bertz CT molecular complexity index is 436. The van der Waals surface area contributed by atoms with Crippen molar-refractivity contribution in [3.8, 4) is 0 Å². The molecule has 0 amide bonds. The zero-order valence-corrected chi connectivity index (χ0v) is 9.16. The number of rotatable bonds is 5. The predicted octanol–water partition coefficient (Wildman–Crippen LogP) is 0.942. The van der Waals surface area contributed by atoms with Gasteiger partial charge in [0, 0.05) is 0 Å². The maximum absolute atomic E-state index is 11.7. The molecule has 0 saturated heterocycles. The van der Waals surface area contributed by atoms with Gasteiger partial charge in [-0.3, -0.25) is 4.79 Å². The second-order valence-corrected chi connectivity index (χ2v) is 5.13. The van der Waals surface area contributed by atoms with Gasteiger partial charge in [-0.25, -0.2) is 8.42 Å². The molecule has 0 heterocycles. The van der Waals surface area contributed by atoms with E-state index in [2.05, 4.69) is 4.74 Å². The van der Waals surface area contributed by atoms with Gasteiger partial charge in [0.15, 0.2) is 9.84 Å². The summed E-state index contributed by atoms with van der Waals surface area (Å²) < 4.78 is 27.8. The third-order valence-electron chi connectivity index (χ3n) is 1.97. The second-order valence-electron chi connectivity index (χ2n) is 3.05. The third kappa shape index (κ3) is 3.06. The molecule has 0 bridgehead atoms. The first-order chi connectivity index (χ1) is 7.08. The summed E-state index contributed by atoms with van der Waals surface area (Å²) >= 11 is 0. The Hall–Kier alpha value is -1.36. The van der Waals surface area contributed by atoms with Gasteiger partial charge in [-0.1, -0.05) is 18.2 Å². The maximum atomic E-state index is 11.7. The largest absolute Gasteiger partial charge is 0.467 e. The predicted molar refractivity (Wildman–Crippen MR) is 55.2 cm³/mol. The van der Waals surface area contributed by atoms with Crippen molar-refractivity contribution in [2.75, 3.05) is 12.4 Å². The summed E-state index contributed by atoms with van der Waals surface area (Å²) in [5.41, 5.74) is 0.698. The summed E-state index contributed by atoms with van der Waals surface area (Å²) in [7, 11) is -3.35. The highest BCUT2D eigenvalue weighted by molar-refractivity contribution is 7.91. The Balaban J connectivity index is 2.87. The molecular weight excluding hydrogens is 216 g/mol. The Morgan fingerprint density at radius 1 is 1.33 bits per heavy atom. The van der Waals surface area contributed by atoms with Gasteiger partial charge in [0.2, 0.25) is 0 Å². The minimum atomic E-state index is -3.35. The quantitative estimate of drug-likeness (QED) is 0.556. The van der Waals surface area contributed by atoms with Crippen molar-refractivity contribution in [3.05, 3.63) is 29.8 Å². The van der Waals surface area contributed by atoms with Gasteiger partial charge in [-0.15, -0.1) is 0 Å². The summed E-state index contributed by atoms with van der Waals surface area (Å²) in [6, 6.07) is 6.72. The lowest BCUT2D eigenvalue weighted by molar-refractivity contribution is -0.128. The van der Waals surface area contributed by atoms with Gasteiger partial charge in [-0.2, -0.15) is 0 Å². The van der Waals surface area contributed by atoms with Crippen LogP contribution in [0.4, 0.5) is 0 Å². The molecule has 5 heteroatoms. The first-order valence-corrected chi connectivity index (χ1v) is 6.07. The highest BCUT2D eigenvalue weighted by Gasteiger charge is 2.16. The van der Waals surface area contributed by atoms with Crippen molar-refractivity contribution in [2.24, 2.45) is 0 Å². The van der Waals surface area contributed by atoms with Crippen LogP contribution in [0.15, 0.2) is 29.2 Å². The average molecular weight is 228 g/mol. The van der Waals surface area contributed by atoms with Gasteiger partial charge in [0.1, 0.15) is 6.61 Å². The van der Waals surface area contributed by atoms with E-state index in [1.54, 1.807) is 31.2 Å². The van der Waals surface area contributed by atoms with Crippen LogP contribution in [0.25, 0.3) is 0 Å². The van der Waals surface area contributed by atoms with Crippen molar-refractivity contribution in [1.29, 1.82) is 0 Å². The first kappa shape index (κ1) is 11.7. The van der Waals surface area contributed by atoms with Crippen LogP contribution < -0.4 is 0 Å². The standard InChI is InChI=1S/C10H12O4S/c1-9-4-2-3-5-10(9)15(12,13)7-6-14-8-11/h2-5,8H,6-7H2,1H3. The molecule has 0 radical (unpaired) electrons. The Morgan fingerprint density at radius 3 is 2.60 bits per heavy atom. The van der Waals surface area contributed by atoms with Crippen molar-refractivity contribution < 1.29 is 17.9 Å². The molecule has 1 aromatic rings. The monoisotopic (exact) mass is 228 g/mol. The minimum Gasteiger partial charge on any atom is -0.467 e. The van der Waals surface area contributed by atoms with Crippen LogP contribution in [0.2, 0.25) is 0 Å². The summed E-state index contributed by atoms with van der Waals surface area (Å²) in [4.78, 5) is 10.2. The lowest BCUT2D eigenvalue weighted by Gasteiger charge is -2.06. The molecule has 0 aliphatic carbocycles. The molecule has 0 atom stereocenters. The summed E-state index contributed by atoms with van der Waals surface area (Å²) in [6.45, 7) is 1.86. The fraction of sp³-hybridized carbons (Fsp3) is 0.300. The van der Waals surface area contributed by atoms with Crippen molar-refractivity contribution in [2.45, 2.75) is 11.8 Å². The molecule has 0 N–H and O–H groups in total. The van der Waals surface area contributed by atoms with Crippen LogP contribution in [-0.2, 0) is 19.4 Å². The second kappa shape index (κ2) is 4.93. The van der Waals surface area contributed by atoms with Gasteiger partial charge in [-0.05, 0) is 18.6 Å². The van der Waals surface area contributed by atoms with Crippen LogP contribution in [-0.4, -0.2) is 27.2 Å². The molecule has 15 heavy (non-hydrogen) atoms. The van der Waals surface area contributed by atoms with Crippen LogP contribution in [0, 0.1) is 6.92 Å². The molecule has 0 saturated carbocycles. The molecule has 1 rings (SSSR count). The molecule has 0 aliphatic heterocycles. The highest BCUT2D eigenvalue weighted by atomic mass is 32.2. The van der Waals surface area contributed by atoms with Crippen LogP contribution in [0.1, 0.15) is 5.56 Å². The zero-order valence-electron chi connectivity index (χ0n) is 8.34. The van der Waals surface area contributed by atoms with Gasteiger partial charge < -0.3 is 4.74 Å². The van der Waals surface area contributed by atoms with Gasteiger partial charge >= 0.3 is 0 Å². The van der Waals surface area contributed by atoms with E-state index in [9.17, 15) is 13.2 Å². The molecule has 0 aliphatic rings. The average Bonchev–Trinajstić information content (AvgIpc) is 2.18. The normalized spacial score (nSPS) is 11.0. The number of carbonyl (C=O) groups excluding carboxylic acids is 1. The van der Waals surface area contributed by atoms with Crippen molar-refractivity contribution in [1.82, 2.24) is 0 Å². The molecule has 0 fully saturated rings. The highest BCUT2D eigenvalue weighted by Crippen LogP contribution is 2.15. The SMILES string of the molecule is Cc1ccccc1S(=O)(=O)CCOC=O. The number of aryl methyl sites for hydroxylation is 1. The van der Waals surface area contributed by atoms with E-state index in [0.717, 1.165) is 0 Å². The van der Waals surface area contributed by atoms with Crippen molar-refractivity contribution >= 4 is 16.3 Å². The summed E-state index contributed by atoms with van der Waals surface area (Å²) in [6.07, 6.45) is 0. The maximum Gasteiger partial charge on any atom is 0.293 e. The van der Waals surface area contributed by atoms with E-state index in [1.807, 2.05) is 0 Å². The lowest BCUT2D eigenvalue weighted by atomic mass is 10.2. The number of hydrogen-bond acceptors (Lipinski definition) is 4. The molecule has 4 nitrogen and oxygen atoms in total. The van der Waals surface area contributed by atoms with Gasteiger partial charge in [0.05, 0.1) is 10.6 Å². The molecule has 82 valence electrons. The van der Waals surface area contributed by atoms with Gasteiger partial charge in [0.25, 0.3) is 6.47 Å². The van der Waals surface area contributed by atoms with E-state index >= 15 is 0 Å². The first-order valence-electron chi connectivity index (χ1n) is 4.41. The topological polar surface area (TPSA) is 60.4 Å². The Labute approximate surface area is 88.8 Å². The number of sulfone groups is 1. The molecule has 1 aromatic carbocycles. The van der Waals surface area contributed by atoms with E-state index < -0.39 is 9.84 Å². The van der Waals surface area contributed by atoms with E-state index in [1.165, 1.54) is 0 Å². The third-order valence-corrected chi connectivity index (χ3v) is 3.80. The van der Waals surface area contributed by atoms with Crippen LogP contribution >= 0.6 is 0 Å². The number of carbonyl (C=O) groups is 1. The fourth-order valence-electron chi connectivity index (χ4n) is 1.22. The molecule has 0 unspecified atom stereocenters.